The first kappa shape index (κ1) is 25.8. The van der Waals surface area contributed by atoms with Crippen LogP contribution in [0, 0.1) is 0 Å². The predicted octanol–water partition coefficient (Wildman–Crippen LogP) is 4.30. The molecule has 0 aliphatic carbocycles. The van der Waals surface area contributed by atoms with E-state index in [0.717, 1.165) is 0 Å². The first-order chi connectivity index (χ1) is 16.8. The highest BCUT2D eigenvalue weighted by Gasteiger charge is 2.50. The van der Waals surface area contributed by atoms with Gasteiger partial charge in [0.05, 0.1) is 32.3 Å². The zero-order chi connectivity index (χ0) is 26.4. The lowest BCUT2D eigenvalue weighted by Crippen LogP contribution is -2.38. The lowest BCUT2D eigenvalue weighted by atomic mass is 10.1. The van der Waals surface area contributed by atoms with Crippen LogP contribution in [-0.2, 0) is 28.7 Å². The molecule has 2 aliphatic heterocycles. The van der Waals surface area contributed by atoms with Crippen molar-refractivity contribution in [2.24, 2.45) is 0 Å². The fraction of sp³-hybridized carbons (Fsp3) is 0.385. The minimum atomic E-state index is -0.729. The van der Waals surface area contributed by atoms with E-state index >= 15 is 0 Å². The van der Waals surface area contributed by atoms with Crippen molar-refractivity contribution in [3.63, 3.8) is 0 Å². The maximum atomic E-state index is 13.8. The van der Waals surface area contributed by atoms with Gasteiger partial charge >= 0.3 is 11.9 Å². The van der Waals surface area contributed by atoms with Gasteiger partial charge < -0.3 is 9.47 Å². The minimum absolute atomic E-state index is 0.179. The first-order valence-corrected chi connectivity index (χ1v) is 13.2. The molecule has 8 nitrogen and oxygen atoms in total. The SMILES string of the molecule is CC(C)(C)OC(=O)CN1C(=O)C2=C(c3cccs3)N(CC(=O)OC(C)(C)C)C(=O)C2=C1c1cccs1. The molecule has 0 atom stereocenters. The van der Waals surface area contributed by atoms with E-state index in [1.807, 2.05) is 22.9 Å². The summed E-state index contributed by atoms with van der Waals surface area (Å²) >= 11 is 2.71. The number of hydrogen-bond donors (Lipinski definition) is 0. The van der Waals surface area contributed by atoms with Gasteiger partial charge in [0.1, 0.15) is 24.3 Å². The van der Waals surface area contributed by atoms with Crippen LogP contribution in [0.2, 0.25) is 0 Å². The molecule has 2 aromatic rings. The number of thiophene rings is 2. The second-order valence-corrected chi connectivity index (χ2v) is 12.3. The van der Waals surface area contributed by atoms with E-state index in [0.29, 0.717) is 21.1 Å². The summed E-state index contributed by atoms with van der Waals surface area (Å²) in [5.74, 6) is -2.13. The fourth-order valence-electron chi connectivity index (χ4n) is 4.04. The summed E-state index contributed by atoms with van der Waals surface area (Å²) in [6.07, 6.45) is 0. The number of amides is 2. The van der Waals surface area contributed by atoms with Crippen molar-refractivity contribution in [3.05, 3.63) is 55.9 Å². The molecule has 190 valence electrons. The monoisotopic (exact) mass is 528 g/mol. The molecule has 4 heterocycles. The number of ether oxygens (including phenoxy) is 2. The normalized spacial score (nSPS) is 16.3. The van der Waals surface area contributed by atoms with E-state index in [1.165, 1.54) is 32.5 Å². The highest BCUT2D eigenvalue weighted by atomic mass is 32.1. The van der Waals surface area contributed by atoms with Crippen molar-refractivity contribution in [1.29, 1.82) is 0 Å². The maximum Gasteiger partial charge on any atom is 0.326 e. The third kappa shape index (κ3) is 5.15. The summed E-state index contributed by atoms with van der Waals surface area (Å²) in [4.78, 5) is 57.1. The summed E-state index contributed by atoms with van der Waals surface area (Å²) in [5, 5.41) is 3.66. The summed E-state index contributed by atoms with van der Waals surface area (Å²) in [7, 11) is 0. The average molecular weight is 529 g/mol. The molecule has 2 amide bonds. The van der Waals surface area contributed by atoms with Gasteiger partial charge in [-0.25, -0.2) is 0 Å². The molecule has 36 heavy (non-hydrogen) atoms. The van der Waals surface area contributed by atoms with Gasteiger partial charge in [0.25, 0.3) is 11.8 Å². The van der Waals surface area contributed by atoms with Crippen LogP contribution in [0.25, 0.3) is 11.4 Å². The zero-order valence-corrected chi connectivity index (χ0v) is 22.7. The first-order valence-electron chi connectivity index (χ1n) is 11.4. The number of carbonyl (C=O) groups excluding carboxylic acids is 4. The van der Waals surface area contributed by atoms with E-state index in [2.05, 4.69) is 0 Å². The number of carbonyl (C=O) groups is 4. The van der Waals surface area contributed by atoms with Crippen LogP contribution in [0.3, 0.4) is 0 Å². The molecule has 0 fully saturated rings. The standard InChI is InChI=1S/C26H28N2O6S2/c1-25(2,3)33-17(29)13-27-21(15-9-7-11-35-15)19-20(23(27)31)22(16-10-8-12-36-16)28(24(19)32)14-18(30)34-26(4,5)6/h7-12H,13-14H2,1-6H3. The van der Waals surface area contributed by atoms with Gasteiger partial charge in [-0.2, -0.15) is 0 Å². The highest BCUT2D eigenvalue weighted by molar-refractivity contribution is 7.11. The summed E-state index contributed by atoms with van der Waals surface area (Å²) in [6.45, 7) is 9.82. The van der Waals surface area contributed by atoms with Crippen molar-refractivity contribution in [1.82, 2.24) is 9.80 Å². The number of fused-ring (bicyclic) bond motifs is 1. The Morgan fingerprint density at radius 2 is 1.08 bits per heavy atom. The molecular formula is C26H28N2O6S2. The minimum Gasteiger partial charge on any atom is -0.459 e. The van der Waals surface area contributed by atoms with Crippen LogP contribution >= 0.6 is 22.7 Å². The van der Waals surface area contributed by atoms with Crippen molar-refractivity contribution in [3.8, 4) is 0 Å². The Kier molecular flexibility index (Phi) is 6.70. The number of esters is 2. The van der Waals surface area contributed by atoms with E-state index in [9.17, 15) is 19.2 Å². The Bertz CT molecular complexity index is 1170. The Labute approximate surface area is 217 Å². The summed E-state index contributed by atoms with van der Waals surface area (Å²) < 4.78 is 10.9. The van der Waals surface area contributed by atoms with E-state index < -0.39 is 35.0 Å². The Hall–Kier alpha value is -3.24. The molecule has 0 spiro atoms. The van der Waals surface area contributed by atoms with Crippen molar-refractivity contribution >= 4 is 57.8 Å². The van der Waals surface area contributed by atoms with Crippen LogP contribution in [0.15, 0.2) is 46.2 Å². The fourth-order valence-corrected chi connectivity index (χ4v) is 5.61. The summed E-state index contributed by atoms with van der Waals surface area (Å²) in [5.41, 5.74) is -0.403. The number of hydrogen-bond acceptors (Lipinski definition) is 8. The van der Waals surface area contributed by atoms with E-state index in [-0.39, 0.29) is 24.2 Å². The van der Waals surface area contributed by atoms with Gasteiger partial charge in [-0.05, 0) is 64.4 Å². The third-order valence-electron chi connectivity index (χ3n) is 5.11. The molecule has 10 heteroatoms. The van der Waals surface area contributed by atoms with Gasteiger partial charge in [-0.1, -0.05) is 12.1 Å². The van der Waals surface area contributed by atoms with Crippen LogP contribution < -0.4 is 0 Å². The smallest absolute Gasteiger partial charge is 0.326 e. The topological polar surface area (TPSA) is 93.2 Å². The van der Waals surface area contributed by atoms with Crippen molar-refractivity contribution < 1.29 is 28.7 Å². The van der Waals surface area contributed by atoms with Gasteiger partial charge in [0, 0.05) is 0 Å². The Morgan fingerprint density at radius 1 is 0.722 bits per heavy atom. The molecule has 0 unspecified atom stereocenters. The lowest BCUT2D eigenvalue weighted by Gasteiger charge is -2.26. The second kappa shape index (κ2) is 9.33. The quantitative estimate of drug-likeness (QED) is 0.519. The van der Waals surface area contributed by atoms with Crippen LogP contribution in [0.5, 0.6) is 0 Å². The van der Waals surface area contributed by atoms with E-state index in [1.54, 1.807) is 53.7 Å². The van der Waals surface area contributed by atoms with Gasteiger partial charge in [0.15, 0.2) is 0 Å². The van der Waals surface area contributed by atoms with Gasteiger partial charge in [-0.3, -0.25) is 29.0 Å². The molecule has 0 N–H and O–H groups in total. The van der Waals surface area contributed by atoms with Crippen LogP contribution in [0.4, 0.5) is 0 Å². The molecule has 0 radical (unpaired) electrons. The molecule has 2 aromatic heterocycles. The van der Waals surface area contributed by atoms with Gasteiger partial charge in [-0.15, -0.1) is 22.7 Å². The van der Waals surface area contributed by atoms with Crippen molar-refractivity contribution in [2.75, 3.05) is 13.1 Å². The van der Waals surface area contributed by atoms with Crippen molar-refractivity contribution in [2.45, 2.75) is 52.7 Å². The molecule has 0 saturated carbocycles. The molecule has 0 aromatic carbocycles. The molecule has 0 bridgehead atoms. The van der Waals surface area contributed by atoms with Crippen LogP contribution in [-0.4, -0.2) is 57.8 Å². The molecule has 4 rings (SSSR count). The molecular weight excluding hydrogens is 500 g/mol. The zero-order valence-electron chi connectivity index (χ0n) is 21.0. The predicted molar refractivity (Wildman–Crippen MR) is 138 cm³/mol. The third-order valence-corrected chi connectivity index (χ3v) is 6.86. The summed E-state index contributed by atoms with van der Waals surface area (Å²) in [6, 6.07) is 7.20. The lowest BCUT2D eigenvalue weighted by molar-refractivity contribution is -0.157. The second-order valence-electron chi connectivity index (χ2n) is 10.4. The highest BCUT2D eigenvalue weighted by Crippen LogP contribution is 2.47. The number of nitrogens with zero attached hydrogens (tertiary/aromatic N) is 2. The Morgan fingerprint density at radius 3 is 1.36 bits per heavy atom. The largest absolute Gasteiger partial charge is 0.459 e. The average Bonchev–Trinajstić information content (AvgIpc) is 3.50. The van der Waals surface area contributed by atoms with Crippen LogP contribution in [0.1, 0.15) is 51.3 Å². The molecule has 0 saturated heterocycles. The van der Waals surface area contributed by atoms with Gasteiger partial charge in [0.2, 0.25) is 0 Å². The Balaban J connectivity index is 1.83. The van der Waals surface area contributed by atoms with E-state index in [4.69, 9.17) is 9.47 Å². The number of rotatable bonds is 6. The molecule has 2 aliphatic rings. The maximum absolute atomic E-state index is 13.8.